The Morgan fingerprint density at radius 2 is 0.464 bits per heavy atom. The van der Waals surface area contributed by atoms with E-state index in [0.29, 0.717) is 0 Å². The summed E-state index contributed by atoms with van der Waals surface area (Å²) in [5.74, 6) is 0. The molecule has 586 valence electrons. The molecule has 0 atom stereocenters. The van der Waals surface area contributed by atoms with E-state index >= 15 is 0 Å². The van der Waals surface area contributed by atoms with Crippen LogP contribution in [0.25, 0.3) is 209 Å². The number of benzene rings is 20. The van der Waals surface area contributed by atoms with Gasteiger partial charge in [-0.15, -0.1) is 0 Å². The van der Waals surface area contributed by atoms with Gasteiger partial charge < -0.3 is 27.5 Å². The van der Waals surface area contributed by atoms with Crippen LogP contribution in [-0.4, -0.2) is 0 Å². The third-order valence-electron chi connectivity index (χ3n) is 26.2. The molecule has 125 heavy (non-hydrogen) atoms. The van der Waals surface area contributed by atoms with Gasteiger partial charge in [0, 0.05) is 82.0 Å². The average molecular weight is 1600 g/mol. The smallest absolute Gasteiger partial charge is 0.136 e. The Balaban J connectivity index is 0.553. The first kappa shape index (κ1) is 71.6. The molecule has 6 heteroatoms. The fourth-order valence-corrected chi connectivity index (χ4v) is 19.9. The third kappa shape index (κ3) is 12.1. The largest absolute Gasteiger partial charge is 0.456 e. The topological polar surface area (TPSA) is 59.0 Å². The van der Waals surface area contributed by atoms with Crippen molar-refractivity contribution in [1.29, 1.82) is 0 Å². The van der Waals surface area contributed by atoms with Gasteiger partial charge in [0.05, 0.1) is 11.4 Å². The Bertz CT molecular complexity index is 8500. The lowest BCUT2D eigenvalue weighted by molar-refractivity contribution is 0.660. The Morgan fingerprint density at radius 1 is 0.168 bits per heavy atom. The second-order valence-corrected chi connectivity index (χ2v) is 33.8. The van der Waals surface area contributed by atoms with E-state index in [1.54, 1.807) is 0 Å². The van der Waals surface area contributed by atoms with Crippen molar-refractivity contribution in [2.24, 2.45) is 0 Å². The molecule has 0 N–H and O–H groups in total. The highest BCUT2D eigenvalue weighted by Crippen LogP contribution is 2.53. The van der Waals surface area contributed by atoms with Gasteiger partial charge in [0.25, 0.3) is 0 Å². The molecule has 0 unspecified atom stereocenters. The normalized spacial score (nSPS) is 12.5. The van der Waals surface area contributed by atoms with Crippen LogP contribution in [0.15, 0.2) is 442 Å². The van der Waals surface area contributed by atoms with Crippen LogP contribution in [0.4, 0.5) is 34.1 Å². The first-order valence-electron chi connectivity index (χ1n) is 42.9. The van der Waals surface area contributed by atoms with Crippen LogP contribution in [-0.2, 0) is 5.41 Å². The molecule has 0 amide bonds. The van der Waals surface area contributed by atoms with E-state index < -0.39 is 0 Å². The molecule has 0 fully saturated rings. The summed E-state index contributed by atoms with van der Waals surface area (Å²) in [6.07, 6.45) is 0. The van der Waals surface area contributed by atoms with E-state index in [4.69, 9.17) is 17.7 Å². The number of nitrogens with zero attached hydrogens (tertiary/aromatic N) is 2. The maximum Gasteiger partial charge on any atom is 0.136 e. The van der Waals surface area contributed by atoms with Crippen molar-refractivity contribution in [3.05, 3.63) is 436 Å². The van der Waals surface area contributed by atoms with Gasteiger partial charge in [-0.25, -0.2) is 0 Å². The van der Waals surface area contributed by atoms with Gasteiger partial charge in [-0.2, -0.15) is 0 Å². The Morgan fingerprint density at radius 3 is 0.912 bits per heavy atom. The van der Waals surface area contributed by atoms with Crippen LogP contribution in [0.3, 0.4) is 0 Å². The molecule has 25 rings (SSSR count). The quantitative estimate of drug-likeness (QED) is 0.108. The summed E-state index contributed by atoms with van der Waals surface area (Å²) in [5.41, 5.74) is 36.1. The van der Waals surface area contributed by atoms with Crippen molar-refractivity contribution in [1.82, 2.24) is 0 Å². The second-order valence-electron chi connectivity index (χ2n) is 33.8. The van der Waals surface area contributed by atoms with E-state index in [9.17, 15) is 0 Å². The molecule has 0 saturated heterocycles. The van der Waals surface area contributed by atoms with Crippen molar-refractivity contribution in [3.63, 3.8) is 0 Å². The zero-order valence-corrected chi connectivity index (χ0v) is 68.4. The fourth-order valence-electron chi connectivity index (χ4n) is 19.9. The molecule has 0 radical (unpaired) electrons. The van der Waals surface area contributed by atoms with Crippen molar-refractivity contribution in [3.8, 4) is 100 Å². The van der Waals surface area contributed by atoms with Crippen molar-refractivity contribution in [2.75, 3.05) is 9.80 Å². The summed E-state index contributed by atoms with van der Waals surface area (Å²) in [4.78, 5) is 4.82. The first-order chi connectivity index (χ1) is 61.6. The van der Waals surface area contributed by atoms with Gasteiger partial charge in [-0.05, 0) is 304 Å². The van der Waals surface area contributed by atoms with Crippen LogP contribution in [0.2, 0.25) is 0 Å². The number of rotatable bonds is 14. The molecule has 0 aliphatic heterocycles. The van der Waals surface area contributed by atoms with E-state index in [1.165, 1.54) is 54.9 Å². The molecule has 4 heterocycles. The summed E-state index contributed by atoms with van der Waals surface area (Å²) in [6.45, 7) is 4.72. The van der Waals surface area contributed by atoms with Crippen molar-refractivity contribution in [2.45, 2.75) is 19.3 Å². The zero-order chi connectivity index (χ0) is 82.5. The van der Waals surface area contributed by atoms with Gasteiger partial charge in [-0.1, -0.05) is 257 Å². The van der Waals surface area contributed by atoms with E-state index in [0.717, 1.165) is 200 Å². The van der Waals surface area contributed by atoms with Crippen LogP contribution in [0, 0.1) is 0 Å². The van der Waals surface area contributed by atoms with Crippen molar-refractivity contribution >= 4 is 143 Å². The molecule has 4 aromatic heterocycles. The van der Waals surface area contributed by atoms with E-state index in [2.05, 4.69) is 424 Å². The minimum Gasteiger partial charge on any atom is -0.456 e. The molecule has 1 aliphatic carbocycles. The van der Waals surface area contributed by atoms with Crippen LogP contribution in [0.5, 0.6) is 0 Å². The van der Waals surface area contributed by atoms with Gasteiger partial charge in [0.2, 0.25) is 0 Å². The third-order valence-corrected chi connectivity index (χ3v) is 26.2. The van der Waals surface area contributed by atoms with E-state index in [1.807, 2.05) is 24.3 Å². The lowest BCUT2D eigenvalue weighted by atomic mass is 9.82. The standard InChI is InChI=1S/C119H76N2O4/c1-119(2)107-29-13-10-26-97(107)98-55-52-94(72-108(98)119)121(110-31-17-23-78-21-7-9-25-96(78)110)93-50-38-76(39-51-93)86-61-88(80-43-57-114-104(67-80)100-28-12-15-33-112(100)123-114)65-90(63-86)82-45-59-116-106(69-82)102-54-41-84(71-118(102)125-116)83-40-53-101-105-68-81(44-58-115(105)124-117(101)70-83)89-62-85(60-87(64-89)79-42-56-113-103(66-79)99-27-11-14-32-111(99)122-113)75-36-48-92(49-37-75)120(109-30-16-22-77-20-6-8-24-95(77)109)91-46-34-74(35-47-91)73-18-4-3-5-19-73/h3-72H,1-2H3. The highest BCUT2D eigenvalue weighted by molar-refractivity contribution is 6.12. The van der Waals surface area contributed by atoms with Crippen molar-refractivity contribution < 1.29 is 17.7 Å². The number of hydrogen-bond donors (Lipinski definition) is 0. The zero-order valence-electron chi connectivity index (χ0n) is 68.4. The summed E-state index contributed by atoms with van der Waals surface area (Å²) in [5, 5.41) is 13.3. The van der Waals surface area contributed by atoms with Gasteiger partial charge in [-0.3, -0.25) is 0 Å². The maximum atomic E-state index is 6.85. The molecule has 6 nitrogen and oxygen atoms in total. The van der Waals surface area contributed by atoms with Gasteiger partial charge >= 0.3 is 0 Å². The lowest BCUT2D eigenvalue weighted by Crippen LogP contribution is -2.16. The predicted octanol–water partition coefficient (Wildman–Crippen LogP) is 34.2. The molecular formula is C119H76N2O4. The average Bonchev–Trinajstić information content (AvgIpc) is 1.59. The molecule has 0 bridgehead atoms. The van der Waals surface area contributed by atoms with Gasteiger partial charge in [0.1, 0.15) is 44.7 Å². The molecule has 0 saturated carbocycles. The molecule has 1 aliphatic rings. The molecule has 24 aromatic rings. The highest BCUT2D eigenvalue weighted by Gasteiger charge is 2.36. The summed E-state index contributed by atoms with van der Waals surface area (Å²) in [6, 6.07) is 155. The Labute approximate surface area is 721 Å². The fraction of sp³-hybridized carbons (Fsp3) is 0.0252. The molecule has 0 spiro atoms. The SMILES string of the molecule is CC1(C)c2ccccc2-c2ccc(N(c3ccc(-c4cc(-c5ccc6oc7ccccc7c6c5)cc(-c5ccc6oc7cc(-c8ccc9c(c8)oc8ccc(-c%10cc(-c%11ccc(N(c%12ccc(-c%13ccccc%13)cc%12)c%12cccc%13ccccc%12%13)cc%11)cc(-c%11ccc%12oc%13ccccc%13c%12c%11)c%10)cc89)ccc7c6c5)c4)cc3)c3cccc4ccccc34)cc21. The maximum absolute atomic E-state index is 6.85. The van der Waals surface area contributed by atoms with E-state index in [-0.39, 0.29) is 5.41 Å². The van der Waals surface area contributed by atoms with Gasteiger partial charge in [0.15, 0.2) is 0 Å². The number of anilines is 6. The number of fused-ring (bicyclic) bond motifs is 17. The molecule has 20 aromatic carbocycles. The molecular weight excluding hydrogens is 1520 g/mol. The monoisotopic (exact) mass is 1600 g/mol. The number of furan rings is 4. The van der Waals surface area contributed by atoms with Crippen LogP contribution >= 0.6 is 0 Å². The number of para-hydroxylation sites is 2. The first-order valence-corrected chi connectivity index (χ1v) is 42.9. The lowest BCUT2D eigenvalue weighted by Gasteiger charge is -2.29. The van der Waals surface area contributed by atoms with Crippen LogP contribution in [0.1, 0.15) is 25.0 Å². The summed E-state index contributed by atoms with van der Waals surface area (Å²) in [7, 11) is 0. The number of hydrogen-bond acceptors (Lipinski definition) is 6. The summed E-state index contributed by atoms with van der Waals surface area (Å²) >= 11 is 0. The second kappa shape index (κ2) is 28.4. The minimum absolute atomic E-state index is 0.166. The Kier molecular flexibility index (Phi) is 16.3. The highest BCUT2D eigenvalue weighted by atomic mass is 16.3. The summed E-state index contributed by atoms with van der Waals surface area (Å²) < 4.78 is 26.5. The minimum atomic E-state index is -0.166. The predicted molar refractivity (Wildman–Crippen MR) is 521 cm³/mol. The van der Waals surface area contributed by atoms with Crippen LogP contribution < -0.4 is 9.80 Å². The Hall–Kier alpha value is -16.3.